The number of anilines is 1. The first-order valence-electron chi connectivity index (χ1n) is 4.60. The molecule has 0 unspecified atom stereocenters. The van der Waals surface area contributed by atoms with E-state index in [9.17, 15) is 4.79 Å². The molecule has 5 heteroatoms. The summed E-state index contributed by atoms with van der Waals surface area (Å²) in [6.07, 6.45) is 4.82. The third kappa shape index (κ3) is 2.07. The van der Waals surface area contributed by atoms with Crippen molar-refractivity contribution in [3.8, 4) is 6.07 Å². The molecule has 0 bridgehead atoms. The molecule has 0 saturated heterocycles. The highest BCUT2D eigenvalue weighted by Crippen LogP contribution is 2.08. The average molecular weight is 212 g/mol. The van der Waals surface area contributed by atoms with E-state index in [1.165, 1.54) is 12.3 Å². The van der Waals surface area contributed by atoms with E-state index in [0.717, 1.165) is 0 Å². The zero-order chi connectivity index (χ0) is 11.4. The van der Waals surface area contributed by atoms with E-state index >= 15 is 0 Å². The fourth-order valence-electron chi connectivity index (χ4n) is 1.24. The number of carbonyl (C=O) groups excluding carboxylic acids is 1. The zero-order valence-corrected chi connectivity index (χ0v) is 8.27. The molecule has 2 rings (SSSR count). The lowest BCUT2D eigenvalue weighted by Crippen LogP contribution is -2.11. The van der Waals surface area contributed by atoms with E-state index in [-0.39, 0.29) is 11.6 Å². The van der Waals surface area contributed by atoms with Gasteiger partial charge < -0.3 is 10.3 Å². The minimum Gasteiger partial charge on any atom is -0.366 e. The molecule has 1 amide bonds. The molecule has 2 aromatic rings. The van der Waals surface area contributed by atoms with Gasteiger partial charge in [-0.15, -0.1) is 0 Å². The SMILES string of the molecule is N#Cc1cc(C(=O)Nc2cc[nH]c2)ccn1. The first-order valence-corrected chi connectivity index (χ1v) is 4.60. The predicted molar refractivity (Wildman–Crippen MR) is 57.7 cm³/mol. The number of rotatable bonds is 2. The van der Waals surface area contributed by atoms with Crippen LogP contribution in [0.5, 0.6) is 0 Å². The Morgan fingerprint density at radius 1 is 1.50 bits per heavy atom. The second kappa shape index (κ2) is 4.28. The maximum absolute atomic E-state index is 11.7. The molecule has 0 saturated carbocycles. The molecule has 0 fully saturated rings. The molecule has 0 aliphatic heterocycles. The number of H-pyrrole nitrogens is 1. The normalized spacial score (nSPS) is 9.44. The van der Waals surface area contributed by atoms with Crippen LogP contribution in [0.1, 0.15) is 16.1 Å². The summed E-state index contributed by atoms with van der Waals surface area (Å²) in [6.45, 7) is 0. The van der Waals surface area contributed by atoms with Crippen LogP contribution in [0.3, 0.4) is 0 Å². The Morgan fingerprint density at radius 3 is 3.06 bits per heavy atom. The van der Waals surface area contributed by atoms with Crippen molar-refractivity contribution in [2.24, 2.45) is 0 Å². The molecule has 0 aliphatic rings. The Morgan fingerprint density at radius 2 is 2.38 bits per heavy atom. The van der Waals surface area contributed by atoms with Gasteiger partial charge in [-0.1, -0.05) is 0 Å². The quantitative estimate of drug-likeness (QED) is 0.792. The number of aromatic nitrogens is 2. The van der Waals surface area contributed by atoms with Crippen LogP contribution in [0, 0.1) is 11.3 Å². The van der Waals surface area contributed by atoms with Crippen molar-refractivity contribution in [1.29, 1.82) is 5.26 Å². The molecular formula is C11H8N4O. The Bertz CT molecular complexity index is 539. The molecule has 5 nitrogen and oxygen atoms in total. The van der Waals surface area contributed by atoms with E-state index in [1.807, 2.05) is 6.07 Å². The second-order valence-corrected chi connectivity index (χ2v) is 3.10. The molecule has 0 radical (unpaired) electrons. The number of hydrogen-bond donors (Lipinski definition) is 2. The third-order valence-electron chi connectivity index (χ3n) is 1.99. The summed E-state index contributed by atoms with van der Waals surface area (Å²) in [7, 11) is 0. The van der Waals surface area contributed by atoms with Crippen LogP contribution in [-0.4, -0.2) is 15.9 Å². The van der Waals surface area contributed by atoms with Crippen LogP contribution in [-0.2, 0) is 0 Å². The van der Waals surface area contributed by atoms with Crippen molar-refractivity contribution in [3.63, 3.8) is 0 Å². The molecule has 78 valence electrons. The van der Waals surface area contributed by atoms with Gasteiger partial charge in [-0.2, -0.15) is 5.26 Å². The highest BCUT2D eigenvalue weighted by Gasteiger charge is 2.07. The summed E-state index contributed by atoms with van der Waals surface area (Å²) in [5.41, 5.74) is 1.31. The largest absolute Gasteiger partial charge is 0.366 e. The van der Waals surface area contributed by atoms with Gasteiger partial charge in [-0.3, -0.25) is 4.79 Å². The van der Waals surface area contributed by atoms with Crippen LogP contribution >= 0.6 is 0 Å². The van der Waals surface area contributed by atoms with Crippen LogP contribution in [0.25, 0.3) is 0 Å². The lowest BCUT2D eigenvalue weighted by atomic mass is 10.2. The molecule has 0 atom stereocenters. The van der Waals surface area contributed by atoms with E-state index in [2.05, 4.69) is 15.3 Å². The van der Waals surface area contributed by atoms with Crippen LogP contribution in [0.15, 0.2) is 36.8 Å². The standard InChI is InChI=1S/C11H8N4O/c12-6-10-5-8(1-4-14-10)11(16)15-9-2-3-13-7-9/h1-5,7,13H,(H,15,16). The number of nitriles is 1. The van der Waals surface area contributed by atoms with Crippen molar-refractivity contribution in [2.75, 3.05) is 5.32 Å². The van der Waals surface area contributed by atoms with Gasteiger partial charge in [0.2, 0.25) is 0 Å². The van der Waals surface area contributed by atoms with Crippen LogP contribution in [0.4, 0.5) is 5.69 Å². The van der Waals surface area contributed by atoms with E-state index in [4.69, 9.17) is 5.26 Å². The lowest BCUT2D eigenvalue weighted by Gasteiger charge is -2.02. The highest BCUT2D eigenvalue weighted by atomic mass is 16.1. The van der Waals surface area contributed by atoms with Gasteiger partial charge in [0.1, 0.15) is 11.8 Å². The van der Waals surface area contributed by atoms with Gasteiger partial charge in [-0.05, 0) is 18.2 Å². The molecule has 2 N–H and O–H groups in total. The number of carbonyl (C=O) groups is 1. The van der Waals surface area contributed by atoms with E-state index < -0.39 is 0 Å². The molecule has 2 heterocycles. The highest BCUT2D eigenvalue weighted by molar-refractivity contribution is 6.04. The molecule has 0 spiro atoms. The molecule has 0 aromatic carbocycles. The van der Waals surface area contributed by atoms with Crippen LogP contribution < -0.4 is 5.32 Å². The van der Waals surface area contributed by atoms with E-state index in [1.54, 1.807) is 24.5 Å². The third-order valence-corrected chi connectivity index (χ3v) is 1.99. The maximum atomic E-state index is 11.7. The van der Waals surface area contributed by atoms with Crippen molar-refractivity contribution in [2.45, 2.75) is 0 Å². The van der Waals surface area contributed by atoms with Gasteiger partial charge in [0.15, 0.2) is 0 Å². The Labute approximate surface area is 91.8 Å². The minimum absolute atomic E-state index is 0.224. The van der Waals surface area contributed by atoms with Crippen molar-refractivity contribution < 1.29 is 4.79 Å². The van der Waals surface area contributed by atoms with Crippen molar-refractivity contribution in [3.05, 3.63) is 48.0 Å². The van der Waals surface area contributed by atoms with Gasteiger partial charge in [0.25, 0.3) is 5.91 Å². The molecule has 2 aromatic heterocycles. The maximum Gasteiger partial charge on any atom is 0.255 e. The molecule has 16 heavy (non-hydrogen) atoms. The summed E-state index contributed by atoms with van der Waals surface area (Å²) in [4.78, 5) is 18.3. The zero-order valence-electron chi connectivity index (χ0n) is 8.27. The van der Waals surface area contributed by atoms with Crippen LogP contribution in [0.2, 0.25) is 0 Å². The number of pyridine rings is 1. The smallest absolute Gasteiger partial charge is 0.255 e. The topological polar surface area (TPSA) is 81.6 Å². The Hall–Kier alpha value is -2.61. The van der Waals surface area contributed by atoms with Crippen molar-refractivity contribution >= 4 is 11.6 Å². The molecular weight excluding hydrogens is 204 g/mol. The number of hydrogen-bond acceptors (Lipinski definition) is 3. The summed E-state index contributed by atoms with van der Waals surface area (Å²) in [5.74, 6) is -0.265. The fourth-order valence-corrected chi connectivity index (χ4v) is 1.24. The number of nitrogens with zero attached hydrogens (tertiary/aromatic N) is 2. The van der Waals surface area contributed by atoms with Gasteiger partial charge in [0.05, 0.1) is 5.69 Å². The summed E-state index contributed by atoms with van der Waals surface area (Å²) in [5, 5.41) is 11.3. The Kier molecular flexibility index (Phi) is 2.65. The number of aromatic amines is 1. The average Bonchev–Trinajstić information content (AvgIpc) is 2.82. The van der Waals surface area contributed by atoms with E-state index in [0.29, 0.717) is 11.3 Å². The monoisotopic (exact) mass is 212 g/mol. The van der Waals surface area contributed by atoms with Gasteiger partial charge >= 0.3 is 0 Å². The van der Waals surface area contributed by atoms with Crippen molar-refractivity contribution in [1.82, 2.24) is 9.97 Å². The first-order chi connectivity index (χ1) is 7.79. The van der Waals surface area contributed by atoms with Gasteiger partial charge in [0, 0.05) is 24.2 Å². The summed E-state index contributed by atoms with van der Waals surface area (Å²) < 4.78 is 0. The van der Waals surface area contributed by atoms with Gasteiger partial charge in [-0.25, -0.2) is 4.98 Å². The summed E-state index contributed by atoms with van der Waals surface area (Å²) in [6, 6.07) is 6.63. The first kappa shape index (κ1) is 9.93. The molecule has 0 aliphatic carbocycles. The Balaban J connectivity index is 2.18. The predicted octanol–water partition coefficient (Wildman–Crippen LogP) is 1.53. The minimum atomic E-state index is -0.265. The summed E-state index contributed by atoms with van der Waals surface area (Å²) >= 11 is 0. The lowest BCUT2D eigenvalue weighted by molar-refractivity contribution is 0.102. The number of amides is 1. The fraction of sp³-hybridized carbons (Fsp3) is 0. The second-order valence-electron chi connectivity index (χ2n) is 3.10. The number of nitrogens with one attached hydrogen (secondary N) is 2.